The van der Waals surface area contributed by atoms with Crippen molar-refractivity contribution < 1.29 is 14.7 Å². The smallest absolute Gasteiger partial charge is 0.335 e. The van der Waals surface area contributed by atoms with Gasteiger partial charge in [0.05, 0.1) is 29.8 Å². The number of hydrogen-bond donors (Lipinski definition) is 1. The van der Waals surface area contributed by atoms with Gasteiger partial charge in [0.1, 0.15) is 0 Å². The number of aromatic carboxylic acids is 1. The van der Waals surface area contributed by atoms with Crippen LogP contribution in [0.5, 0.6) is 0 Å². The van der Waals surface area contributed by atoms with E-state index < -0.39 is 5.97 Å². The van der Waals surface area contributed by atoms with Crippen LogP contribution in [0.4, 0.5) is 17.2 Å². The molecule has 49 heavy (non-hydrogen) atoms. The molecule has 0 aliphatic carbocycles. The number of carboxylic acids is 1. The van der Waals surface area contributed by atoms with Gasteiger partial charge in [-0.05, 0) is 97.9 Å². The zero-order valence-electron chi connectivity index (χ0n) is 29.4. The number of benzene rings is 2. The van der Waals surface area contributed by atoms with E-state index in [0.29, 0.717) is 24.1 Å². The molecule has 2 saturated heterocycles. The average molecular weight is 664 g/mol. The van der Waals surface area contributed by atoms with Crippen molar-refractivity contribution in [3.8, 4) is 6.07 Å². The van der Waals surface area contributed by atoms with Crippen molar-refractivity contribution in [2.24, 2.45) is 11.3 Å². The number of fused-ring (bicyclic) bond motifs is 2. The lowest BCUT2D eigenvalue weighted by Crippen LogP contribution is -2.50. The molecule has 1 unspecified atom stereocenters. The predicted octanol–water partition coefficient (Wildman–Crippen LogP) is 5.94. The summed E-state index contributed by atoms with van der Waals surface area (Å²) in [6, 6.07) is 14.2. The lowest BCUT2D eigenvalue weighted by atomic mass is 9.73. The average Bonchev–Trinajstić information content (AvgIpc) is 3.47. The molecule has 1 N–H and O–H groups in total. The fourth-order valence-electron chi connectivity index (χ4n) is 8.73. The molecule has 0 saturated carbocycles. The van der Waals surface area contributed by atoms with Crippen molar-refractivity contribution in [3.63, 3.8) is 0 Å². The number of amides is 1. The van der Waals surface area contributed by atoms with E-state index in [1.54, 1.807) is 19.1 Å². The van der Waals surface area contributed by atoms with Gasteiger partial charge in [0.25, 0.3) is 0 Å². The maximum atomic E-state index is 12.5. The number of nitriles is 1. The van der Waals surface area contributed by atoms with Crippen LogP contribution in [0, 0.1) is 29.6 Å². The van der Waals surface area contributed by atoms with Crippen LogP contribution >= 0.6 is 0 Å². The van der Waals surface area contributed by atoms with Gasteiger partial charge in [0, 0.05) is 81.8 Å². The Balaban J connectivity index is 1.06. The molecule has 2 fully saturated rings. The molecule has 1 aromatic heterocycles. The predicted molar refractivity (Wildman–Crippen MR) is 190 cm³/mol. The van der Waals surface area contributed by atoms with E-state index in [9.17, 15) is 20.0 Å². The summed E-state index contributed by atoms with van der Waals surface area (Å²) in [5.74, 6) is 0.792. The first kappa shape index (κ1) is 33.2. The van der Waals surface area contributed by atoms with E-state index in [-0.39, 0.29) is 11.3 Å². The fourth-order valence-corrected chi connectivity index (χ4v) is 8.73. The highest BCUT2D eigenvalue weighted by Crippen LogP contribution is 2.42. The van der Waals surface area contributed by atoms with Gasteiger partial charge in [-0.2, -0.15) is 10.4 Å². The standard InChI is InChI=1S/C39H49N7O3/c1-26-20-36-29(21-30(26)22-40)6-5-15-45(36)37-34-24-43(27(2)47)19-14-35(34)46(41-37)33-12-16-42(17-13-33)23-31-11-18-44(25-39(31,3)4)32-9-7-28(8-10-32)38(48)49/h7-10,20-21,31,33H,5-6,11-19,23-25H2,1-4H3,(H,48,49). The lowest BCUT2D eigenvalue weighted by molar-refractivity contribution is -0.129. The maximum absolute atomic E-state index is 12.5. The van der Waals surface area contributed by atoms with Gasteiger partial charge in [-0.25, -0.2) is 4.79 Å². The maximum Gasteiger partial charge on any atom is 0.335 e. The third kappa shape index (κ3) is 6.41. The Morgan fingerprint density at radius 3 is 2.45 bits per heavy atom. The minimum atomic E-state index is -0.888. The van der Waals surface area contributed by atoms with Crippen molar-refractivity contribution in [2.75, 3.05) is 55.6 Å². The van der Waals surface area contributed by atoms with Crippen molar-refractivity contribution in [1.29, 1.82) is 5.26 Å². The molecular formula is C39H49N7O3. The summed E-state index contributed by atoms with van der Waals surface area (Å²) in [6.45, 7) is 15.8. The van der Waals surface area contributed by atoms with Crippen LogP contribution in [0.1, 0.15) is 90.8 Å². The van der Waals surface area contributed by atoms with Crippen LogP contribution in [-0.2, 0) is 24.2 Å². The summed E-state index contributed by atoms with van der Waals surface area (Å²) < 4.78 is 2.34. The second-order valence-corrected chi connectivity index (χ2v) is 15.3. The number of carboxylic acid groups (broad SMARTS) is 1. The van der Waals surface area contributed by atoms with Crippen molar-refractivity contribution >= 4 is 29.1 Å². The summed E-state index contributed by atoms with van der Waals surface area (Å²) in [7, 11) is 0. The van der Waals surface area contributed by atoms with Crippen molar-refractivity contribution in [1.82, 2.24) is 19.6 Å². The van der Waals surface area contributed by atoms with Crippen LogP contribution in [0.2, 0.25) is 0 Å². The number of rotatable bonds is 6. The largest absolute Gasteiger partial charge is 0.478 e. The van der Waals surface area contributed by atoms with Gasteiger partial charge >= 0.3 is 5.97 Å². The van der Waals surface area contributed by atoms with E-state index in [0.717, 1.165) is 113 Å². The fraction of sp³-hybridized carbons (Fsp3) is 0.538. The summed E-state index contributed by atoms with van der Waals surface area (Å²) >= 11 is 0. The van der Waals surface area contributed by atoms with Gasteiger partial charge < -0.3 is 24.7 Å². The van der Waals surface area contributed by atoms with Gasteiger partial charge in [0.2, 0.25) is 5.91 Å². The Kier molecular flexibility index (Phi) is 8.91. The molecule has 4 aliphatic rings. The topological polar surface area (TPSA) is 109 Å². The Hall–Kier alpha value is -4.36. The highest BCUT2D eigenvalue weighted by atomic mass is 16.4. The zero-order valence-corrected chi connectivity index (χ0v) is 29.4. The Morgan fingerprint density at radius 2 is 1.78 bits per heavy atom. The first-order valence-electron chi connectivity index (χ1n) is 18.0. The number of aryl methyl sites for hydroxylation is 2. The van der Waals surface area contributed by atoms with E-state index in [1.807, 2.05) is 24.0 Å². The van der Waals surface area contributed by atoms with Crippen LogP contribution < -0.4 is 9.80 Å². The number of hydrogen-bond acceptors (Lipinski definition) is 7. The number of piperidine rings is 2. The minimum absolute atomic E-state index is 0.107. The van der Waals surface area contributed by atoms with Crippen LogP contribution in [0.15, 0.2) is 36.4 Å². The normalized spacial score (nSPS) is 21.2. The minimum Gasteiger partial charge on any atom is -0.478 e. The molecule has 4 aliphatic heterocycles. The highest BCUT2D eigenvalue weighted by Gasteiger charge is 2.39. The van der Waals surface area contributed by atoms with Crippen LogP contribution in [0.25, 0.3) is 0 Å². The number of likely N-dealkylation sites (tertiary alicyclic amines) is 1. The summed E-state index contributed by atoms with van der Waals surface area (Å²) in [5.41, 5.74) is 8.11. The Labute approximate surface area is 289 Å². The number of anilines is 3. The van der Waals surface area contributed by atoms with Crippen molar-refractivity contribution in [2.45, 2.75) is 78.8 Å². The molecule has 3 aromatic rings. The summed E-state index contributed by atoms with van der Waals surface area (Å²) in [5, 5.41) is 24.4. The summed E-state index contributed by atoms with van der Waals surface area (Å²) in [4.78, 5) is 33.2. The molecule has 10 nitrogen and oxygen atoms in total. The second-order valence-electron chi connectivity index (χ2n) is 15.3. The monoisotopic (exact) mass is 663 g/mol. The van der Waals surface area contributed by atoms with Gasteiger partial charge in [-0.3, -0.25) is 9.48 Å². The first-order chi connectivity index (χ1) is 23.5. The Morgan fingerprint density at radius 1 is 1.02 bits per heavy atom. The SMILES string of the molecule is CC(=O)N1CCc2c(c(N3CCCc4cc(C#N)c(C)cc43)nn2C2CCN(CC3CCN(c4ccc(C(=O)O)cc4)CC3(C)C)CC2)C1. The van der Waals surface area contributed by atoms with E-state index in [2.05, 4.69) is 51.4 Å². The van der Waals surface area contributed by atoms with Gasteiger partial charge in [-0.1, -0.05) is 13.8 Å². The molecule has 10 heteroatoms. The first-order valence-corrected chi connectivity index (χ1v) is 18.0. The van der Waals surface area contributed by atoms with Gasteiger partial charge in [0.15, 0.2) is 5.82 Å². The molecule has 7 rings (SSSR count). The molecular weight excluding hydrogens is 614 g/mol. The van der Waals surface area contributed by atoms with E-state index in [1.165, 1.54) is 16.8 Å². The van der Waals surface area contributed by atoms with E-state index >= 15 is 0 Å². The highest BCUT2D eigenvalue weighted by molar-refractivity contribution is 5.88. The van der Waals surface area contributed by atoms with Crippen LogP contribution in [0.3, 0.4) is 0 Å². The number of carbonyl (C=O) groups excluding carboxylic acids is 1. The third-order valence-electron chi connectivity index (χ3n) is 11.7. The lowest BCUT2D eigenvalue weighted by Gasteiger charge is -2.47. The number of nitrogens with zero attached hydrogens (tertiary/aromatic N) is 7. The quantitative estimate of drug-likeness (QED) is 0.345. The van der Waals surface area contributed by atoms with Crippen LogP contribution in [-0.4, -0.2) is 82.4 Å². The summed E-state index contributed by atoms with van der Waals surface area (Å²) in [6.07, 6.45) is 6.01. The zero-order chi connectivity index (χ0) is 34.4. The molecule has 258 valence electrons. The second kappa shape index (κ2) is 13.2. The molecule has 0 spiro atoms. The van der Waals surface area contributed by atoms with Crippen molar-refractivity contribution in [3.05, 3.63) is 69.9 Å². The molecule has 5 heterocycles. The molecule has 2 aromatic carbocycles. The number of aromatic nitrogens is 2. The molecule has 0 radical (unpaired) electrons. The molecule has 1 atom stereocenters. The van der Waals surface area contributed by atoms with E-state index in [4.69, 9.17) is 5.10 Å². The van der Waals surface area contributed by atoms with Gasteiger partial charge in [-0.15, -0.1) is 0 Å². The molecule has 0 bridgehead atoms. The number of carbonyl (C=O) groups is 2. The third-order valence-corrected chi connectivity index (χ3v) is 11.7. The Bertz CT molecular complexity index is 1780. The molecule has 1 amide bonds.